The normalized spacial score (nSPS) is 11.3. The van der Waals surface area contributed by atoms with Crippen molar-refractivity contribution in [2.45, 2.75) is 6.18 Å². The zero-order chi connectivity index (χ0) is 18.0. The number of aromatic nitrogens is 4. The van der Waals surface area contributed by atoms with Gasteiger partial charge in [-0.25, -0.2) is 14.6 Å². The van der Waals surface area contributed by atoms with E-state index in [-0.39, 0.29) is 11.6 Å². The van der Waals surface area contributed by atoms with Crippen LogP contribution in [0, 0.1) is 10.1 Å². The summed E-state index contributed by atoms with van der Waals surface area (Å²) in [4.78, 5) is 17.5. The maximum absolute atomic E-state index is 12.6. The maximum Gasteiger partial charge on any atom is 0.416 e. The molecular weight excluding hydrogens is 341 g/mol. The number of nitrogens with zero attached hydrogens (tertiary/aromatic N) is 5. The molecule has 8 nitrogen and oxygen atoms in total. The Balaban J connectivity index is 1.75. The van der Waals surface area contributed by atoms with Crippen LogP contribution < -0.4 is 5.32 Å². The molecule has 0 amide bonds. The Morgan fingerprint density at radius 2 is 1.72 bits per heavy atom. The van der Waals surface area contributed by atoms with Crippen LogP contribution in [0.25, 0.3) is 5.69 Å². The Labute approximate surface area is 138 Å². The molecule has 1 N–H and O–H groups in total. The van der Waals surface area contributed by atoms with Gasteiger partial charge >= 0.3 is 11.9 Å². The number of benzene rings is 1. The van der Waals surface area contributed by atoms with E-state index < -0.39 is 16.7 Å². The van der Waals surface area contributed by atoms with E-state index in [1.165, 1.54) is 29.2 Å². The van der Waals surface area contributed by atoms with Gasteiger partial charge in [0.25, 0.3) is 0 Å². The van der Waals surface area contributed by atoms with Crippen molar-refractivity contribution < 1.29 is 18.1 Å². The summed E-state index contributed by atoms with van der Waals surface area (Å²) in [5.74, 6) is 0.123. The zero-order valence-electron chi connectivity index (χ0n) is 12.3. The maximum atomic E-state index is 12.6. The topological polar surface area (TPSA) is 98.8 Å². The van der Waals surface area contributed by atoms with Crippen molar-refractivity contribution in [1.29, 1.82) is 0 Å². The first-order chi connectivity index (χ1) is 11.8. The Morgan fingerprint density at radius 3 is 2.28 bits per heavy atom. The molecule has 0 spiro atoms. The second-order valence-corrected chi connectivity index (χ2v) is 4.87. The first-order valence-electron chi connectivity index (χ1n) is 6.79. The molecule has 25 heavy (non-hydrogen) atoms. The number of alkyl halides is 3. The predicted octanol–water partition coefficient (Wildman–Crippen LogP) is 3.33. The van der Waals surface area contributed by atoms with E-state index >= 15 is 0 Å². The lowest BCUT2D eigenvalue weighted by Gasteiger charge is -2.07. The highest BCUT2D eigenvalue weighted by Gasteiger charge is 2.30. The quantitative estimate of drug-likeness (QED) is 0.572. The minimum atomic E-state index is -4.40. The lowest BCUT2D eigenvalue weighted by atomic mass is 10.2. The molecule has 0 atom stereocenters. The SMILES string of the molecule is O=[N+]([O-])c1cnc(Nc2cnn(-c3ccc(C(F)(F)F)cc3)c2)nc1. The highest BCUT2D eigenvalue weighted by Crippen LogP contribution is 2.29. The van der Waals surface area contributed by atoms with Crippen LogP contribution in [0.15, 0.2) is 49.1 Å². The molecule has 0 saturated heterocycles. The van der Waals surface area contributed by atoms with E-state index in [4.69, 9.17) is 0 Å². The van der Waals surface area contributed by atoms with Gasteiger partial charge in [0.2, 0.25) is 5.95 Å². The molecule has 128 valence electrons. The van der Waals surface area contributed by atoms with Crippen molar-refractivity contribution in [3.63, 3.8) is 0 Å². The number of rotatable bonds is 4. The molecule has 0 aliphatic carbocycles. The molecule has 0 aliphatic rings. The third-order valence-corrected chi connectivity index (χ3v) is 3.15. The molecule has 0 unspecified atom stereocenters. The second kappa shape index (κ2) is 6.19. The number of hydrogen-bond acceptors (Lipinski definition) is 6. The summed E-state index contributed by atoms with van der Waals surface area (Å²) in [6.45, 7) is 0. The summed E-state index contributed by atoms with van der Waals surface area (Å²) in [5, 5.41) is 17.4. The molecule has 0 aliphatic heterocycles. The monoisotopic (exact) mass is 350 g/mol. The highest BCUT2D eigenvalue weighted by molar-refractivity contribution is 5.52. The highest BCUT2D eigenvalue weighted by atomic mass is 19.4. The Kier molecular flexibility index (Phi) is 4.05. The van der Waals surface area contributed by atoms with Gasteiger partial charge in [-0.2, -0.15) is 18.3 Å². The fraction of sp³-hybridized carbons (Fsp3) is 0.0714. The average Bonchev–Trinajstić information content (AvgIpc) is 3.03. The van der Waals surface area contributed by atoms with Crippen LogP contribution in [-0.2, 0) is 6.18 Å². The summed E-state index contributed by atoms with van der Waals surface area (Å²) in [6, 6.07) is 4.51. The van der Waals surface area contributed by atoms with Crippen LogP contribution in [-0.4, -0.2) is 24.7 Å². The summed E-state index contributed by atoms with van der Waals surface area (Å²) < 4.78 is 39.0. The molecule has 2 heterocycles. The van der Waals surface area contributed by atoms with Gasteiger partial charge in [0, 0.05) is 0 Å². The number of nitro groups is 1. The van der Waals surface area contributed by atoms with Gasteiger partial charge in [-0.15, -0.1) is 0 Å². The van der Waals surface area contributed by atoms with Gasteiger partial charge in [-0.05, 0) is 24.3 Å². The van der Waals surface area contributed by atoms with E-state index in [1.807, 2.05) is 0 Å². The van der Waals surface area contributed by atoms with Crippen LogP contribution in [0.2, 0.25) is 0 Å². The number of hydrogen-bond donors (Lipinski definition) is 1. The predicted molar refractivity (Wildman–Crippen MR) is 80.5 cm³/mol. The second-order valence-electron chi connectivity index (χ2n) is 4.87. The van der Waals surface area contributed by atoms with Crippen LogP contribution >= 0.6 is 0 Å². The molecule has 11 heteroatoms. The molecule has 2 aromatic heterocycles. The van der Waals surface area contributed by atoms with Gasteiger partial charge in [-0.3, -0.25) is 10.1 Å². The summed E-state index contributed by atoms with van der Waals surface area (Å²) in [6.07, 6.45) is 0.643. The standard InChI is InChI=1S/C14H9F3N6O2/c15-14(16,17)9-1-3-11(4-2-9)22-8-10(5-20-22)21-13-18-6-12(7-19-13)23(24)25/h1-8H,(H,18,19,21). The fourth-order valence-corrected chi connectivity index (χ4v) is 1.94. The Hall–Kier alpha value is -3.50. The Bertz CT molecular complexity index is 890. The van der Waals surface area contributed by atoms with E-state index in [2.05, 4.69) is 20.4 Å². The molecule has 0 radical (unpaired) electrons. The number of nitrogens with one attached hydrogen (secondary N) is 1. The van der Waals surface area contributed by atoms with Gasteiger partial charge in [0.15, 0.2) is 0 Å². The first-order valence-corrected chi connectivity index (χ1v) is 6.79. The molecule has 0 bridgehead atoms. The van der Waals surface area contributed by atoms with Gasteiger partial charge in [-0.1, -0.05) is 0 Å². The molecular formula is C14H9F3N6O2. The molecule has 3 aromatic rings. The third-order valence-electron chi connectivity index (χ3n) is 3.15. The lowest BCUT2D eigenvalue weighted by Crippen LogP contribution is -2.05. The minimum absolute atomic E-state index is 0.123. The fourth-order valence-electron chi connectivity index (χ4n) is 1.94. The third kappa shape index (κ3) is 3.71. The first kappa shape index (κ1) is 16.4. The van der Waals surface area contributed by atoms with Crippen molar-refractivity contribution in [1.82, 2.24) is 19.7 Å². The van der Waals surface area contributed by atoms with Crippen LogP contribution in [0.1, 0.15) is 5.56 Å². The van der Waals surface area contributed by atoms with Crippen LogP contribution in [0.3, 0.4) is 0 Å². The Morgan fingerprint density at radius 1 is 1.08 bits per heavy atom. The minimum Gasteiger partial charge on any atom is -0.321 e. The van der Waals surface area contributed by atoms with E-state index in [0.717, 1.165) is 24.5 Å². The van der Waals surface area contributed by atoms with Gasteiger partial charge in [0.1, 0.15) is 12.4 Å². The van der Waals surface area contributed by atoms with Crippen LogP contribution in [0.5, 0.6) is 0 Å². The molecule has 0 fully saturated rings. The van der Waals surface area contributed by atoms with E-state index in [0.29, 0.717) is 11.4 Å². The summed E-state index contributed by atoms with van der Waals surface area (Å²) >= 11 is 0. The van der Waals surface area contributed by atoms with Crippen molar-refractivity contribution in [2.75, 3.05) is 5.32 Å². The summed E-state index contributed by atoms with van der Waals surface area (Å²) in [7, 11) is 0. The smallest absolute Gasteiger partial charge is 0.321 e. The van der Waals surface area contributed by atoms with Crippen molar-refractivity contribution in [3.05, 3.63) is 64.7 Å². The van der Waals surface area contributed by atoms with Crippen LogP contribution in [0.4, 0.5) is 30.5 Å². The summed E-state index contributed by atoms with van der Waals surface area (Å²) in [5.41, 5.74) is -0.0912. The average molecular weight is 350 g/mol. The van der Waals surface area contributed by atoms with Gasteiger partial charge < -0.3 is 5.32 Å². The lowest BCUT2D eigenvalue weighted by molar-refractivity contribution is -0.385. The number of anilines is 2. The zero-order valence-corrected chi connectivity index (χ0v) is 12.3. The van der Waals surface area contributed by atoms with Crippen molar-refractivity contribution in [3.8, 4) is 5.69 Å². The van der Waals surface area contributed by atoms with Gasteiger partial charge in [0.05, 0.1) is 34.3 Å². The molecule has 0 saturated carbocycles. The largest absolute Gasteiger partial charge is 0.416 e. The number of halogens is 3. The molecule has 1 aromatic carbocycles. The molecule has 3 rings (SSSR count). The van der Waals surface area contributed by atoms with E-state index in [9.17, 15) is 23.3 Å². The van der Waals surface area contributed by atoms with E-state index in [1.54, 1.807) is 0 Å². The van der Waals surface area contributed by atoms with Crippen molar-refractivity contribution in [2.24, 2.45) is 0 Å². The van der Waals surface area contributed by atoms with Crippen molar-refractivity contribution >= 4 is 17.3 Å².